The highest BCUT2D eigenvalue weighted by Crippen LogP contribution is 2.27. The first-order valence-corrected chi connectivity index (χ1v) is 17.5. The van der Waals surface area contributed by atoms with Crippen LogP contribution in [-0.4, -0.2) is 130 Å². The summed E-state index contributed by atoms with van der Waals surface area (Å²) in [5.74, 6) is -3.21. The zero-order valence-electron chi connectivity index (χ0n) is 29.4. The van der Waals surface area contributed by atoms with Crippen molar-refractivity contribution in [2.75, 3.05) is 33.2 Å². The molecule has 4 atom stereocenters. The van der Waals surface area contributed by atoms with Crippen LogP contribution >= 0.6 is 0 Å². The summed E-state index contributed by atoms with van der Waals surface area (Å²) in [4.78, 5) is 103. The van der Waals surface area contributed by atoms with Gasteiger partial charge in [0.05, 0.1) is 41.3 Å². The quantitative estimate of drug-likeness (QED) is 0.268. The number of hydrogen-bond acceptors (Lipinski definition) is 10. The van der Waals surface area contributed by atoms with Gasteiger partial charge >= 0.3 is 5.97 Å². The predicted octanol–water partition coefficient (Wildman–Crippen LogP) is 1.39. The molecule has 4 aliphatic heterocycles. The van der Waals surface area contributed by atoms with Gasteiger partial charge in [-0.05, 0) is 43.5 Å². The molecule has 2 aromatic rings. The Morgan fingerprint density at radius 3 is 1.54 bits per heavy atom. The summed E-state index contributed by atoms with van der Waals surface area (Å²) in [6.07, 6.45) is 1.43. The van der Waals surface area contributed by atoms with Crippen LogP contribution in [0.4, 0.5) is 0 Å². The van der Waals surface area contributed by atoms with E-state index in [1.54, 1.807) is 58.3 Å². The molecule has 7 amide bonds. The van der Waals surface area contributed by atoms with Crippen LogP contribution in [0.5, 0.6) is 0 Å². The van der Waals surface area contributed by atoms with Crippen molar-refractivity contribution in [3.63, 3.8) is 0 Å². The molecule has 15 nitrogen and oxygen atoms in total. The number of carbonyl (C=O) groups is 8. The summed E-state index contributed by atoms with van der Waals surface area (Å²) in [6, 6.07) is 12.9. The van der Waals surface area contributed by atoms with Crippen LogP contribution in [0.15, 0.2) is 48.5 Å². The lowest BCUT2D eigenvalue weighted by atomic mass is 10.1. The van der Waals surface area contributed by atoms with Gasteiger partial charge < -0.3 is 25.0 Å². The third-order valence-electron chi connectivity index (χ3n) is 9.83. The second kappa shape index (κ2) is 16.3. The lowest BCUT2D eigenvalue weighted by molar-refractivity contribution is -0.150. The highest BCUT2D eigenvalue weighted by atomic mass is 16.5. The third-order valence-corrected chi connectivity index (χ3v) is 9.83. The maximum Gasteiger partial charge on any atom is 0.306 e. The molecule has 0 saturated carbocycles. The summed E-state index contributed by atoms with van der Waals surface area (Å²) >= 11 is 0. The van der Waals surface area contributed by atoms with Crippen LogP contribution in [0.25, 0.3) is 0 Å². The highest BCUT2D eigenvalue weighted by Gasteiger charge is 2.42. The minimum absolute atomic E-state index is 0.0299. The maximum absolute atomic E-state index is 12.9. The normalized spacial score (nSPS) is 21.9. The number of amides is 7. The largest absolute Gasteiger partial charge is 0.460 e. The highest BCUT2D eigenvalue weighted by molar-refractivity contribution is 6.23. The number of imide groups is 2. The number of ether oxygens (including phenoxy) is 1. The van der Waals surface area contributed by atoms with Crippen LogP contribution in [0.2, 0.25) is 0 Å². The van der Waals surface area contributed by atoms with Crippen LogP contribution in [0.1, 0.15) is 93.8 Å². The van der Waals surface area contributed by atoms with Gasteiger partial charge in [-0.1, -0.05) is 38.1 Å². The zero-order chi connectivity index (χ0) is 37.7. The molecule has 0 aromatic heterocycles. The zero-order valence-corrected chi connectivity index (χ0v) is 29.4. The topological polar surface area (TPSA) is 191 Å². The van der Waals surface area contributed by atoms with Crippen LogP contribution in [0, 0.1) is 0 Å². The number of hydrogen-bond donors (Lipinski definition) is 2. The first-order valence-electron chi connectivity index (χ1n) is 17.5. The summed E-state index contributed by atoms with van der Waals surface area (Å²) < 4.78 is 5.42. The van der Waals surface area contributed by atoms with E-state index in [9.17, 15) is 43.5 Å². The third kappa shape index (κ3) is 7.88. The van der Waals surface area contributed by atoms with Crippen molar-refractivity contribution in [3.8, 4) is 0 Å². The molecule has 15 heteroatoms. The average Bonchev–Trinajstić information content (AvgIpc) is 3.87. The van der Waals surface area contributed by atoms with E-state index in [2.05, 4.69) is 5.32 Å². The van der Waals surface area contributed by atoms with Crippen molar-refractivity contribution in [2.45, 2.75) is 76.7 Å². The van der Waals surface area contributed by atoms with E-state index in [1.165, 1.54) is 7.05 Å². The minimum Gasteiger partial charge on any atom is -0.460 e. The number of β-amino-alcohol motifs (C(OH)–C–C–N with tert-alkyl or cyclic N) is 1. The Balaban J connectivity index is 0.000000210. The Bertz CT molecular complexity index is 1710. The molecule has 4 heterocycles. The molecule has 52 heavy (non-hydrogen) atoms. The van der Waals surface area contributed by atoms with Crippen LogP contribution in [0.3, 0.4) is 0 Å². The first kappa shape index (κ1) is 37.8. The number of nitrogens with zero attached hydrogens (tertiary/aromatic N) is 4. The van der Waals surface area contributed by atoms with Gasteiger partial charge in [-0.15, -0.1) is 0 Å². The molecule has 6 rings (SSSR count). The fraction of sp³-hybridized carbons (Fsp3) is 0.459. The van der Waals surface area contributed by atoms with Crippen LogP contribution < -0.4 is 5.32 Å². The molecule has 0 aliphatic carbocycles. The summed E-state index contributed by atoms with van der Waals surface area (Å²) in [5, 5.41) is 12.2. The van der Waals surface area contributed by atoms with Gasteiger partial charge in [0.15, 0.2) is 0 Å². The van der Waals surface area contributed by atoms with E-state index >= 15 is 0 Å². The molecule has 0 spiro atoms. The van der Waals surface area contributed by atoms with Crippen molar-refractivity contribution in [1.82, 2.24) is 24.9 Å². The monoisotopic (exact) mass is 717 g/mol. The van der Waals surface area contributed by atoms with Crippen molar-refractivity contribution in [1.29, 1.82) is 0 Å². The van der Waals surface area contributed by atoms with Crippen molar-refractivity contribution >= 4 is 47.3 Å². The fourth-order valence-corrected chi connectivity index (χ4v) is 7.04. The molecular formula is C37H43N5O10. The van der Waals surface area contributed by atoms with Crippen molar-refractivity contribution < 1.29 is 48.2 Å². The Morgan fingerprint density at radius 2 is 1.12 bits per heavy atom. The van der Waals surface area contributed by atoms with Crippen LogP contribution in [-0.2, 0) is 23.9 Å². The van der Waals surface area contributed by atoms with Gasteiger partial charge in [0.2, 0.25) is 17.7 Å². The second-order valence-electron chi connectivity index (χ2n) is 13.1. The number of benzene rings is 2. The number of aliphatic hydroxyl groups is 1. The predicted molar refractivity (Wildman–Crippen MR) is 184 cm³/mol. The van der Waals surface area contributed by atoms with E-state index in [-0.39, 0.29) is 68.8 Å². The molecule has 2 saturated heterocycles. The molecule has 4 aliphatic rings. The first-order chi connectivity index (χ1) is 24.9. The Morgan fingerprint density at radius 1 is 0.692 bits per heavy atom. The van der Waals surface area contributed by atoms with Gasteiger partial charge in [0, 0.05) is 38.5 Å². The average molecular weight is 718 g/mol. The smallest absolute Gasteiger partial charge is 0.306 e. The van der Waals surface area contributed by atoms with Gasteiger partial charge in [-0.3, -0.25) is 48.2 Å². The SMILES string of the molecule is CC[C@@H]1C[C@@H](O)CN1C(=O)CN1C(=O)c2ccccc2C1=O.CC[C@@H]1C[C@@H](OC(=O)CCC(=O)NC)CN1C(=O)CN1C(=O)c2ccccc2C1=O. The number of likely N-dealkylation sites (tertiary alicyclic amines) is 2. The molecular weight excluding hydrogens is 674 g/mol. The number of fused-ring (bicyclic) bond motifs is 2. The summed E-state index contributed by atoms with van der Waals surface area (Å²) in [7, 11) is 1.49. The van der Waals surface area contributed by atoms with E-state index in [4.69, 9.17) is 4.74 Å². The van der Waals surface area contributed by atoms with Gasteiger partial charge in [0.25, 0.3) is 23.6 Å². The molecule has 2 aromatic carbocycles. The number of esters is 1. The molecule has 0 unspecified atom stereocenters. The maximum atomic E-state index is 12.9. The van der Waals surface area contributed by atoms with Crippen molar-refractivity contribution in [3.05, 3.63) is 70.8 Å². The lowest BCUT2D eigenvalue weighted by Crippen LogP contribution is -2.44. The lowest BCUT2D eigenvalue weighted by Gasteiger charge is -2.25. The molecule has 0 radical (unpaired) electrons. The molecule has 2 N–H and O–H groups in total. The van der Waals surface area contributed by atoms with E-state index in [1.807, 2.05) is 13.8 Å². The number of rotatable bonds is 10. The fourth-order valence-electron chi connectivity index (χ4n) is 7.04. The Kier molecular flexibility index (Phi) is 11.8. The number of nitrogens with one attached hydrogen (secondary N) is 1. The van der Waals surface area contributed by atoms with E-state index in [0.29, 0.717) is 41.5 Å². The van der Waals surface area contributed by atoms with Gasteiger partial charge in [-0.25, -0.2) is 0 Å². The second-order valence-corrected chi connectivity index (χ2v) is 13.1. The Labute approximate surface area is 300 Å². The Hall–Kier alpha value is -5.44. The van der Waals surface area contributed by atoms with Gasteiger partial charge in [0.1, 0.15) is 19.2 Å². The number of aliphatic hydroxyl groups excluding tert-OH is 1. The molecule has 0 bridgehead atoms. The molecule has 276 valence electrons. The summed E-state index contributed by atoms with van der Waals surface area (Å²) in [5.41, 5.74) is 1.28. The standard InChI is InChI=1S/C21H25N3O6.C16H18N2O4/c1-3-13-10-14(30-19(27)9-8-17(25)22-2)11-23(13)18(26)12-24-20(28)15-6-4-5-7-16(15)21(24)29;1-2-10-7-11(19)8-17(10)14(20)9-18-15(21)12-5-3-4-6-13(12)16(18)22/h4-7,13-14H,3,8-12H2,1-2H3,(H,22,25);3-6,10-11,19H,2,7-9H2,1H3/t13-,14-;10-,11-/m11/s1. The van der Waals surface area contributed by atoms with E-state index in [0.717, 1.165) is 16.2 Å². The molecule has 2 fully saturated rings. The van der Waals surface area contributed by atoms with Crippen molar-refractivity contribution in [2.24, 2.45) is 0 Å². The minimum atomic E-state index is -0.531. The van der Waals surface area contributed by atoms with E-state index < -0.39 is 41.8 Å². The number of carbonyl (C=O) groups excluding carboxylic acids is 8. The van der Waals surface area contributed by atoms with Gasteiger partial charge in [-0.2, -0.15) is 0 Å². The summed E-state index contributed by atoms with van der Waals surface area (Å²) in [6.45, 7) is 3.72.